The van der Waals surface area contributed by atoms with Gasteiger partial charge in [0.25, 0.3) is 10.0 Å². The lowest BCUT2D eigenvalue weighted by molar-refractivity contribution is -0.120. The van der Waals surface area contributed by atoms with Crippen molar-refractivity contribution in [1.29, 1.82) is 0 Å². The normalized spacial score (nSPS) is 11.2. The van der Waals surface area contributed by atoms with E-state index >= 15 is 0 Å². The molecule has 2 rings (SSSR count). The van der Waals surface area contributed by atoms with E-state index in [1.54, 1.807) is 50.4 Å². The SMILES string of the molecule is COCCNC(=O)Cc1ccc(NS(=O)(=O)c2cc(Cl)ccc2C)cc1. The number of anilines is 1. The van der Waals surface area contributed by atoms with Gasteiger partial charge in [0.05, 0.1) is 17.9 Å². The Morgan fingerprint density at radius 1 is 1.15 bits per heavy atom. The van der Waals surface area contributed by atoms with E-state index in [0.717, 1.165) is 5.56 Å². The summed E-state index contributed by atoms with van der Waals surface area (Å²) in [7, 11) is -2.18. The van der Waals surface area contributed by atoms with Crippen LogP contribution in [0.4, 0.5) is 5.69 Å². The van der Waals surface area contributed by atoms with Crippen LogP contribution >= 0.6 is 11.6 Å². The van der Waals surface area contributed by atoms with Crippen molar-refractivity contribution in [1.82, 2.24) is 5.32 Å². The lowest BCUT2D eigenvalue weighted by Gasteiger charge is -2.11. The second kappa shape index (κ2) is 9.02. The Balaban J connectivity index is 2.04. The fraction of sp³-hybridized carbons (Fsp3) is 0.278. The highest BCUT2D eigenvalue weighted by Crippen LogP contribution is 2.23. The molecule has 2 N–H and O–H groups in total. The third-order valence-corrected chi connectivity index (χ3v) is 5.40. The van der Waals surface area contributed by atoms with Crippen LogP contribution in [0.5, 0.6) is 0 Å². The molecule has 2 aromatic rings. The summed E-state index contributed by atoms with van der Waals surface area (Å²) >= 11 is 5.90. The first-order valence-corrected chi connectivity index (χ1v) is 9.81. The Bertz CT molecular complexity index is 867. The molecule has 0 spiro atoms. The molecule has 0 aliphatic heterocycles. The van der Waals surface area contributed by atoms with Crippen LogP contribution in [0, 0.1) is 6.92 Å². The summed E-state index contributed by atoms with van der Waals surface area (Å²) in [6, 6.07) is 11.4. The van der Waals surface area contributed by atoms with Crippen LogP contribution in [0.2, 0.25) is 5.02 Å². The van der Waals surface area contributed by atoms with Gasteiger partial charge in [0, 0.05) is 24.4 Å². The van der Waals surface area contributed by atoms with Crippen LogP contribution in [0.25, 0.3) is 0 Å². The lowest BCUT2D eigenvalue weighted by Crippen LogP contribution is -2.28. The third-order valence-electron chi connectivity index (χ3n) is 3.64. The molecule has 2 aromatic carbocycles. The van der Waals surface area contributed by atoms with Crippen molar-refractivity contribution in [2.24, 2.45) is 0 Å². The zero-order valence-corrected chi connectivity index (χ0v) is 16.2. The quantitative estimate of drug-likeness (QED) is 0.672. The number of nitrogens with one attached hydrogen (secondary N) is 2. The van der Waals surface area contributed by atoms with Crippen LogP contribution in [0.15, 0.2) is 47.4 Å². The van der Waals surface area contributed by atoms with Crippen molar-refractivity contribution >= 4 is 33.2 Å². The van der Waals surface area contributed by atoms with E-state index in [0.29, 0.717) is 29.4 Å². The monoisotopic (exact) mass is 396 g/mol. The Labute approximate surface area is 158 Å². The molecule has 8 heteroatoms. The van der Waals surface area contributed by atoms with Crippen LogP contribution in [-0.2, 0) is 26.0 Å². The minimum Gasteiger partial charge on any atom is -0.383 e. The van der Waals surface area contributed by atoms with E-state index in [4.69, 9.17) is 16.3 Å². The van der Waals surface area contributed by atoms with Crippen LogP contribution in [0.1, 0.15) is 11.1 Å². The zero-order valence-electron chi connectivity index (χ0n) is 14.6. The molecule has 0 radical (unpaired) electrons. The molecular weight excluding hydrogens is 376 g/mol. The molecular formula is C18H21ClN2O4S. The molecule has 0 aromatic heterocycles. The average Bonchev–Trinajstić information content (AvgIpc) is 2.59. The van der Waals surface area contributed by atoms with E-state index in [-0.39, 0.29) is 17.2 Å². The van der Waals surface area contributed by atoms with Gasteiger partial charge in [-0.15, -0.1) is 0 Å². The topological polar surface area (TPSA) is 84.5 Å². The standard InChI is InChI=1S/C18H21ClN2O4S/c1-13-3-6-15(19)12-17(13)26(23,24)21-16-7-4-14(5-8-16)11-18(22)20-9-10-25-2/h3-8,12,21H,9-11H2,1-2H3,(H,20,22). The van der Waals surface area contributed by atoms with Crippen molar-refractivity contribution in [3.05, 3.63) is 58.6 Å². The first-order chi connectivity index (χ1) is 12.3. The van der Waals surface area contributed by atoms with Gasteiger partial charge in [-0.05, 0) is 42.3 Å². The Morgan fingerprint density at radius 3 is 2.50 bits per heavy atom. The van der Waals surface area contributed by atoms with Crippen molar-refractivity contribution in [3.63, 3.8) is 0 Å². The second-order valence-electron chi connectivity index (χ2n) is 5.73. The summed E-state index contributed by atoms with van der Waals surface area (Å²) < 4.78 is 32.5. The minimum absolute atomic E-state index is 0.120. The molecule has 26 heavy (non-hydrogen) atoms. The first-order valence-electron chi connectivity index (χ1n) is 7.95. The smallest absolute Gasteiger partial charge is 0.262 e. The summed E-state index contributed by atoms with van der Waals surface area (Å²) in [6.45, 7) is 2.61. The number of hydrogen-bond acceptors (Lipinski definition) is 4. The molecule has 140 valence electrons. The molecule has 0 saturated carbocycles. The van der Waals surface area contributed by atoms with Gasteiger partial charge in [-0.25, -0.2) is 8.42 Å². The van der Waals surface area contributed by atoms with Gasteiger partial charge in [-0.1, -0.05) is 29.8 Å². The van der Waals surface area contributed by atoms with Crippen molar-refractivity contribution < 1.29 is 17.9 Å². The maximum atomic E-state index is 12.5. The number of ether oxygens (including phenoxy) is 1. The van der Waals surface area contributed by atoms with E-state index in [1.165, 1.54) is 6.07 Å². The van der Waals surface area contributed by atoms with E-state index < -0.39 is 10.0 Å². The number of amides is 1. The van der Waals surface area contributed by atoms with Gasteiger partial charge in [0.15, 0.2) is 0 Å². The van der Waals surface area contributed by atoms with Crippen LogP contribution in [-0.4, -0.2) is 34.6 Å². The van der Waals surface area contributed by atoms with Gasteiger partial charge >= 0.3 is 0 Å². The Morgan fingerprint density at radius 2 is 1.85 bits per heavy atom. The van der Waals surface area contributed by atoms with Crippen LogP contribution in [0.3, 0.4) is 0 Å². The maximum Gasteiger partial charge on any atom is 0.262 e. The maximum absolute atomic E-state index is 12.5. The largest absolute Gasteiger partial charge is 0.383 e. The highest BCUT2D eigenvalue weighted by molar-refractivity contribution is 7.92. The van der Waals surface area contributed by atoms with Gasteiger partial charge in [0.2, 0.25) is 5.91 Å². The number of carbonyl (C=O) groups is 1. The predicted molar refractivity (Wildman–Crippen MR) is 102 cm³/mol. The number of halogens is 1. The Kier molecular flexibility index (Phi) is 7.02. The highest BCUT2D eigenvalue weighted by Gasteiger charge is 2.17. The summed E-state index contributed by atoms with van der Waals surface area (Å²) in [6.07, 6.45) is 0.212. The highest BCUT2D eigenvalue weighted by atomic mass is 35.5. The number of carbonyl (C=O) groups excluding carboxylic acids is 1. The van der Waals surface area contributed by atoms with Gasteiger partial charge in [0.1, 0.15) is 0 Å². The Hall–Kier alpha value is -2.09. The molecule has 0 saturated heterocycles. The number of benzene rings is 2. The van der Waals surface area contributed by atoms with Crippen molar-refractivity contribution in [2.45, 2.75) is 18.2 Å². The fourth-order valence-electron chi connectivity index (χ4n) is 2.30. The van der Waals surface area contributed by atoms with Crippen molar-refractivity contribution in [3.8, 4) is 0 Å². The van der Waals surface area contributed by atoms with Gasteiger partial charge in [-0.3, -0.25) is 9.52 Å². The van der Waals surface area contributed by atoms with Crippen LogP contribution < -0.4 is 10.0 Å². The van der Waals surface area contributed by atoms with E-state index in [2.05, 4.69) is 10.0 Å². The summed E-state index contributed by atoms with van der Waals surface area (Å²) in [5.74, 6) is -0.120. The zero-order chi connectivity index (χ0) is 19.2. The molecule has 0 unspecified atom stereocenters. The van der Waals surface area contributed by atoms with E-state index in [1.807, 2.05) is 0 Å². The molecule has 0 bridgehead atoms. The molecule has 0 atom stereocenters. The lowest BCUT2D eigenvalue weighted by atomic mass is 10.1. The van der Waals surface area contributed by atoms with Gasteiger partial charge < -0.3 is 10.1 Å². The first kappa shape index (κ1) is 20.2. The summed E-state index contributed by atoms with van der Waals surface area (Å²) in [5, 5.41) is 3.08. The third kappa shape index (κ3) is 5.72. The minimum atomic E-state index is -3.74. The number of methoxy groups -OCH3 is 1. The van der Waals surface area contributed by atoms with E-state index in [9.17, 15) is 13.2 Å². The fourth-order valence-corrected chi connectivity index (χ4v) is 3.87. The molecule has 0 aliphatic rings. The van der Waals surface area contributed by atoms with Gasteiger partial charge in [-0.2, -0.15) is 0 Å². The molecule has 0 heterocycles. The molecule has 0 aliphatic carbocycles. The second-order valence-corrected chi connectivity index (χ2v) is 7.82. The molecule has 1 amide bonds. The number of rotatable bonds is 8. The van der Waals surface area contributed by atoms with Crippen molar-refractivity contribution in [2.75, 3.05) is 25.0 Å². The predicted octanol–water partition coefficient (Wildman–Crippen LogP) is 2.75. The molecule has 6 nitrogen and oxygen atoms in total. The average molecular weight is 397 g/mol. The summed E-state index contributed by atoms with van der Waals surface area (Å²) in [5.41, 5.74) is 1.79. The summed E-state index contributed by atoms with van der Waals surface area (Å²) in [4.78, 5) is 11.9. The number of aryl methyl sites for hydroxylation is 1. The number of sulfonamides is 1. The number of hydrogen-bond donors (Lipinski definition) is 2. The molecule has 0 fully saturated rings.